The molecule has 2 bridgehead atoms. The average molecular weight is 430 g/mol. The zero-order valence-electron chi connectivity index (χ0n) is 17.8. The van der Waals surface area contributed by atoms with E-state index in [9.17, 15) is 9.90 Å². The average Bonchev–Trinajstić information content (AvgIpc) is 3.40. The minimum absolute atomic E-state index is 0.0907. The predicted molar refractivity (Wildman–Crippen MR) is 124 cm³/mol. The second-order valence-corrected chi connectivity index (χ2v) is 10.9. The molecule has 31 heavy (non-hydrogen) atoms. The van der Waals surface area contributed by atoms with Gasteiger partial charge in [-0.25, -0.2) is 0 Å². The molecule has 3 nitrogen and oxygen atoms in total. The van der Waals surface area contributed by atoms with Gasteiger partial charge < -0.3 is 5.11 Å². The fraction of sp³-hybridized carbons (Fsp3) is 0.370. The van der Waals surface area contributed by atoms with Crippen LogP contribution in [0, 0.1) is 18.3 Å². The Hall–Kier alpha value is -2.43. The summed E-state index contributed by atoms with van der Waals surface area (Å²) in [7, 11) is 0. The molecule has 2 heterocycles. The third-order valence-corrected chi connectivity index (χ3v) is 9.41. The van der Waals surface area contributed by atoms with Gasteiger partial charge in [-0.05, 0) is 48.6 Å². The van der Waals surface area contributed by atoms with Gasteiger partial charge in [0, 0.05) is 46.6 Å². The SMILES string of the molecule is Cc1ccc(C23CCC(c4ccccc42)C2(C(=O)O)CN(Cc4ccccc4)CC32)s1. The Labute approximate surface area is 187 Å². The molecule has 1 saturated heterocycles. The van der Waals surface area contributed by atoms with E-state index < -0.39 is 11.4 Å². The highest BCUT2D eigenvalue weighted by atomic mass is 32.1. The van der Waals surface area contributed by atoms with Gasteiger partial charge in [0.05, 0.1) is 5.41 Å². The van der Waals surface area contributed by atoms with E-state index in [1.54, 1.807) is 0 Å². The number of aliphatic carboxylic acids is 1. The Morgan fingerprint density at radius 2 is 1.87 bits per heavy atom. The number of thiophene rings is 1. The molecule has 3 aromatic rings. The Bertz CT molecular complexity index is 1150. The quantitative estimate of drug-likeness (QED) is 0.601. The molecule has 2 fully saturated rings. The zero-order chi connectivity index (χ0) is 21.2. The number of hydrogen-bond acceptors (Lipinski definition) is 3. The molecule has 1 saturated carbocycles. The fourth-order valence-electron chi connectivity index (χ4n) is 7.11. The summed E-state index contributed by atoms with van der Waals surface area (Å²) in [6.07, 6.45) is 2.00. The number of fused-ring (bicyclic) bond motifs is 1. The Balaban J connectivity index is 1.54. The van der Waals surface area contributed by atoms with Crippen LogP contribution in [0.3, 0.4) is 0 Å². The van der Waals surface area contributed by atoms with Crippen molar-refractivity contribution in [3.8, 4) is 0 Å². The summed E-state index contributed by atoms with van der Waals surface area (Å²) in [5, 5.41) is 10.8. The van der Waals surface area contributed by atoms with Crippen molar-refractivity contribution in [2.24, 2.45) is 11.3 Å². The minimum Gasteiger partial charge on any atom is -0.481 e. The molecule has 1 N–H and O–H groups in total. The van der Waals surface area contributed by atoms with Crippen molar-refractivity contribution in [2.45, 2.75) is 37.6 Å². The summed E-state index contributed by atoms with van der Waals surface area (Å²) in [5.41, 5.74) is 3.00. The smallest absolute Gasteiger partial charge is 0.311 e. The molecule has 0 radical (unpaired) electrons. The van der Waals surface area contributed by atoms with Gasteiger partial charge in [0.2, 0.25) is 0 Å². The van der Waals surface area contributed by atoms with Gasteiger partial charge in [-0.15, -0.1) is 11.3 Å². The lowest BCUT2D eigenvalue weighted by atomic mass is 9.43. The van der Waals surface area contributed by atoms with Gasteiger partial charge in [0.15, 0.2) is 0 Å². The molecule has 1 aromatic heterocycles. The molecule has 0 spiro atoms. The summed E-state index contributed by atoms with van der Waals surface area (Å²) in [6, 6.07) is 23.7. The lowest BCUT2D eigenvalue weighted by Crippen LogP contribution is -2.60. The normalized spacial score (nSPS) is 31.4. The van der Waals surface area contributed by atoms with Crippen molar-refractivity contribution in [3.05, 3.63) is 93.2 Å². The van der Waals surface area contributed by atoms with Gasteiger partial charge >= 0.3 is 5.97 Å². The molecule has 4 aliphatic rings. The summed E-state index contributed by atoms with van der Waals surface area (Å²) >= 11 is 1.86. The maximum atomic E-state index is 13.1. The monoisotopic (exact) mass is 429 g/mol. The van der Waals surface area contributed by atoms with Crippen LogP contribution in [0.5, 0.6) is 0 Å². The molecule has 4 atom stereocenters. The molecule has 3 aliphatic carbocycles. The Morgan fingerprint density at radius 3 is 2.61 bits per heavy atom. The van der Waals surface area contributed by atoms with Crippen LogP contribution in [0.15, 0.2) is 66.7 Å². The second kappa shape index (κ2) is 6.78. The first kappa shape index (κ1) is 19.3. The van der Waals surface area contributed by atoms with Gasteiger partial charge in [0.25, 0.3) is 0 Å². The van der Waals surface area contributed by atoms with Crippen LogP contribution >= 0.6 is 11.3 Å². The van der Waals surface area contributed by atoms with Crippen LogP contribution < -0.4 is 0 Å². The van der Waals surface area contributed by atoms with Gasteiger partial charge in [-0.3, -0.25) is 9.69 Å². The van der Waals surface area contributed by atoms with Crippen LogP contribution in [0.4, 0.5) is 0 Å². The van der Waals surface area contributed by atoms with Crippen molar-refractivity contribution < 1.29 is 9.90 Å². The van der Waals surface area contributed by atoms with Crippen LogP contribution in [-0.2, 0) is 16.8 Å². The number of carboxylic acid groups (broad SMARTS) is 1. The third-order valence-electron chi connectivity index (χ3n) is 8.24. The predicted octanol–water partition coefficient (Wildman–Crippen LogP) is 5.44. The number of carboxylic acids is 1. The Kier molecular flexibility index (Phi) is 4.22. The van der Waals surface area contributed by atoms with E-state index >= 15 is 0 Å². The van der Waals surface area contributed by atoms with Crippen LogP contribution in [0.2, 0.25) is 0 Å². The first-order valence-corrected chi connectivity index (χ1v) is 12.0. The molecule has 4 heteroatoms. The maximum Gasteiger partial charge on any atom is 0.311 e. The standard InChI is InChI=1S/C27H27NO2S/c1-18-11-12-24(31-18)26-14-13-22(20-9-5-6-10-21(20)26)27(25(29)30)17-28(16-23(26)27)15-19-7-3-2-4-8-19/h2-12,22-23H,13-17H2,1H3,(H,29,30). The van der Waals surface area contributed by atoms with Crippen molar-refractivity contribution in [1.29, 1.82) is 0 Å². The maximum absolute atomic E-state index is 13.1. The zero-order valence-corrected chi connectivity index (χ0v) is 18.6. The highest BCUT2D eigenvalue weighted by molar-refractivity contribution is 7.12. The van der Waals surface area contributed by atoms with E-state index in [4.69, 9.17) is 0 Å². The van der Waals surface area contributed by atoms with Crippen molar-refractivity contribution >= 4 is 17.3 Å². The fourth-order valence-corrected chi connectivity index (χ4v) is 8.27. The molecule has 7 rings (SSSR count). The number of aryl methyl sites for hydroxylation is 1. The summed E-state index contributed by atoms with van der Waals surface area (Å²) in [5.74, 6) is -0.423. The number of nitrogens with zero attached hydrogens (tertiary/aromatic N) is 1. The molecule has 2 aromatic carbocycles. The van der Waals surface area contributed by atoms with Crippen molar-refractivity contribution in [1.82, 2.24) is 4.90 Å². The van der Waals surface area contributed by atoms with Gasteiger partial charge in [-0.1, -0.05) is 54.6 Å². The number of likely N-dealkylation sites (tertiary alicyclic amines) is 1. The molecule has 4 unspecified atom stereocenters. The Morgan fingerprint density at radius 1 is 1.10 bits per heavy atom. The second-order valence-electron chi connectivity index (χ2n) is 9.61. The first-order valence-electron chi connectivity index (χ1n) is 11.2. The van der Waals surface area contributed by atoms with E-state index in [2.05, 4.69) is 72.5 Å². The topological polar surface area (TPSA) is 40.5 Å². The highest BCUT2D eigenvalue weighted by Gasteiger charge is 2.70. The number of hydrogen-bond donors (Lipinski definition) is 1. The number of benzene rings is 2. The largest absolute Gasteiger partial charge is 0.481 e. The van der Waals surface area contributed by atoms with Crippen LogP contribution in [0.25, 0.3) is 0 Å². The van der Waals surface area contributed by atoms with E-state index in [0.29, 0.717) is 6.54 Å². The first-order chi connectivity index (χ1) is 15.1. The summed E-state index contributed by atoms with van der Waals surface area (Å²) in [4.78, 5) is 18.2. The minimum atomic E-state index is -0.723. The number of rotatable bonds is 4. The summed E-state index contributed by atoms with van der Waals surface area (Å²) < 4.78 is 0. The van der Waals surface area contributed by atoms with E-state index in [0.717, 1.165) is 25.9 Å². The number of carbonyl (C=O) groups is 1. The van der Waals surface area contributed by atoms with Crippen LogP contribution in [0.1, 0.15) is 45.2 Å². The van der Waals surface area contributed by atoms with Gasteiger partial charge in [0.1, 0.15) is 0 Å². The molecule has 1 aliphatic heterocycles. The molecule has 158 valence electrons. The third kappa shape index (κ3) is 2.52. The lowest BCUT2D eigenvalue weighted by molar-refractivity contribution is -0.157. The van der Waals surface area contributed by atoms with Crippen molar-refractivity contribution in [2.75, 3.05) is 13.1 Å². The lowest BCUT2D eigenvalue weighted by Gasteiger charge is -2.59. The summed E-state index contributed by atoms with van der Waals surface area (Å²) in [6.45, 7) is 4.44. The molecular weight excluding hydrogens is 402 g/mol. The molecular formula is C27H27NO2S. The highest BCUT2D eigenvalue weighted by Crippen LogP contribution is 2.69. The van der Waals surface area contributed by atoms with E-state index in [1.165, 1.54) is 26.4 Å². The molecule has 0 amide bonds. The van der Waals surface area contributed by atoms with E-state index in [-0.39, 0.29) is 17.3 Å². The van der Waals surface area contributed by atoms with Crippen LogP contribution in [-0.4, -0.2) is 29.1 Å². The van der Waals surface area contributed by atoms with Gasteiger partial charge in [-0.2, -0.15) is 0 Å². The van der Waals surface area contributed by atoms with Crippen molar-refractivity contribution in [3.63, 3.8) is 0 Å². The van der Waals surface area contributed by atoms with E-state index in [1.807, 2.05) is 17.4 Å².